The quantitative estimate of drug-likeness (QED) is 0.134. The average Bonchev–Trinajstić information content (AvgIpc) is 2.86. The first-order valence-electron chi connectivity index (χ1n) is 12.0. The fourth-order valence-corrected chi connectivity index (χ4v) is 3.51. The van der Waals surface area contributed by atoms with Crippen LogP contribution in [0.1, 0.15) is 56.0 Å². The molecule has 0 unspecified atom stereocenters. The van der Waals surface area contributed by atoms with Crippen molar-refractivity contribution in [3.8, 4) is 11.1 Å². The van der Waals surface area contributed by atoms with Gasteiger partial charge >= 0.3 is 5.97 Å². The molecule has 40 heavy (non-hydrogen) atoms. The van der Waals surface area contributed by atoms with E-state index < -0.39 is 22.0 Å². The van der Waals surface area contributed by atoms with Gasteiger partial charge in [-0.25, -0.2) is 4.79 Å². The summed E-state index contributed by atoms with van der Waals surface area (Å²) >= 11 is 0. The van der Waals surface area contributed by atoms with Crippen molar-refractivity contribution in [1.29, 1.82) is 5.41 Å². The van der Waals surface area contributed by atoms with Crippen molar-refractivity contribution in [2.45, 2.75) is 20.8 Å². The number of nitrogens with one attached hydrogen (secondary N) is 3. The minimum absolute atomic E-state index is 0.0774. The highest BCUT2D eigenvalue weighted by molar-refractivity contribution is 7.85. The van der Waals surface area contributed by atoms with Gasteiger partial charge in [0.05, 0.1) is 11.8 Å². The molecule has 0 spiro atoms. The fraction of sp³-hybridized carbons (Fsp3) is 0.214. The van der Waals surface area contributed by atoms with E-state index in [-0.39, 0.29) is 28.8 Å². The molecule has 2 amide bonds. The maximum absolute atomic E-state index is 13.2. The molecule has 12 heteroatoms. The number of rotatable bonds is 8. The molecule has 0 aliphatic heterocycles. The van der Waals surface area contributed by atoms with E-state index in [1.165, 1.54) is 6.07 Å². The Hall–Kier alpha value is -4.55. The highest BCUT2D eigenvalue weighted by Gasteiger charge is 2.21. The van der Waals surface area contributed by atoms with Crippen molar-refractivity contribution >= 4 is 39.4 Å². The maximum atomic E-state index is 13.2. The molecule has 0 aliphatic rings. The second kappa shape index (κ2) is 13.5. The SMILES string of the molecule is CS(=O)(=O)O.Cc1ccc(-c2ccc(C(=O)NCC(C)C)cc2C(=O)O)c(C(=O)Nc2ccc(C(=N)N)cc2)c1. The third-order valence-electron chi connectivity index (χ3n) is 5.35. The van der Waals surface area contributed by atoms with Gasteiger partial charge in [-0.2, -0.15) is 8.42 Å². The van der Waals surface area contributed by atoms with Crippen molar-refractivity contribution in [3.63, 3.8) is 0 Å². The molecular weight excluding hydrogens is 536 g/mol. The van der Waals surface area contributed by atoms with Crippen molar-refractivity contribution < 1.29 is 32.5 Å². The van der Waals surface area contributed by atoms with Gasteiger partial charge in [0.15, 0.2) is 0 Å². The Labute approximate surface area is 232 Å². The monoisotopic (exact) mass is 568 g/mol. The number of benzene rings is 3. The topological polar surface area (TPSA) is 200 Å². The predicted molar refractivity (Wildman–Crippen MR) is 154 cm³/mol. The largest absolute Gasteiger partial charge is 0.478 e. The molecular formula is C28H32N4O7S. The number of aryl methyl sites for hydroxylation is 1. The Morgan fingerprint density at radius 2 is 1.43 bits per heavy atom. The zero-order valence-corrected chi connectivity index (χ0v) is 23.3. The maximum Gasteiger partial charge on any atom is 0.336 e. The minimum atomic E-state index is -3.67. The van der Waals surface area contributed by atoms with E-state index in [1.54, 1.807) is 54.6 Å². The zero-order valence-electron chi connectivity index (χ0n) is 22.5. The lowest BCUT2D eigenvalue weighted by molar-refractivity contribution is 0.0697. The molecule has 0 saturated heterocycles. The Morgan fingerprint density at radius 1 is 0.900 bits per heavy atom. The number of hydrogen-bond donors (Lipinski definition) is 6. The molecule has 0 bridgehead atoms. The van der Waals surface area contributed by atoms with Crippen LogP contribution in [-0.4, -0.2) is 54.5 Å². The first kappa shape index (κ1) is 31.7. The van der Waals surface area contributed by atoms with Crippen LogP contribution in [0.2, 0.25) is 0 Å². The number of carbonyl (C=O) groups is 3. The highest BCUT2D eigenvalue weighted by Crippen LogP contribution is 2.30. The number of carboxylic acids is 1. The summed E-state index contributed by atoms with van der Waals surface area (Å²) in [6.45, 7) is 6.24. The molecule has 11 nitrogen and oxygen atoms in total. The normalized spacial score (nSPS) is 10.8. The number of hydrogen-bond acceptors (Lipinski definition) is 6. The summed E-state index contributed by atoms with van der Waals surface area (Å²) in [6.07, 6.45) is 0.715. The van der Waals surface area contributed by atoms with Crippen LogP contribution < -0.4 is 16.4 Å². The molecule has 0 fully saturated rings. The van der Waals surface area contributed by atoms with Crippen LogP contribution in [0.4, 0.5) is 5.69 Å². The lowest BCUT2D eigenvalue weighted by Crippen LogP contribution is -2.27. The van der Waals surface area contributed by atoms with Crippen LogP contribution in [0.25, 0.3) is 11.1 Å². The second-order valence-corrected chi connectivity index (χ2v) is 10.9. The number of amides is 2. The van der Waals surface area contributed by atoms with E-state index in [1.807, 2.05) is 20.8 Å². The minimum Gasteiger partial charge on any atom is -0.478 e. The van der Waals surface area contributed by atoms with E-state index in [4.69, 9.17) is 15.7 Å². The summed E-state index contributed by atoms with van der Waals surface area (Å²) < 4.78 is 25.9. The molecule has 3 rings (SSSR count). The molecule has 0 atom stereocenters. The number of nitrogen functional groups attached to an aromatic ring is 1. The third-order valence-corrected chi connectivity index (χ3v) is 5.35. The summed E-state index contributed by atoms with van der Waals surface area (Å²) in [6, 6.07) is 16.1. The standard InChI is InChI=1S/C27H28N4O4.CH4O3S/c1-15(2)14-30-25(32)18-7-11-21(23(13-18)27(34)35)20-10-4-16(3)12-22(20)26(33)31-19-8-5-17(6-9-19)24(28)29;1-5(2,3)4/h4-13,15H,14H2,1-3H3,(H3,28,29)(H,30,32)(H,31,33)(H,34,35);1H3,(H,2,3,4). The summed E-state index contributed by atoms with van der Waals surface area (Å²) in [4.78, 5) is 37.8. The van der Waals surface area contributed by atoms with Crippen molar-refractivity contribution in [2.24, 2.45) is 11.7 Å². The van der Waals surface area contributed by atoms with Gasteiger partial charge in [-0.1, -0.05) is 37.6 Å². The van der Waals surface area contributed by atoms with Crippen LogP contribution >= 0.6 is 0 Å². The summed E-state index contributed by atoms with van der Waals surface area (Å²) in [5.74, 6) is -1.81. The lowest BCUT2D eigenvalue weighted by Gasteiger charge is -2.15. The molecule has 0 saturated carbocycles. The molecule has 3 aromatic carbocycles. The molecule has 0 radical (unpaired) electrons. The lowest BCUT2D eigenvalue weighted by atomic mass is 9.92. The summed E-state index contributed by atoms with van der Waals surface area (Å²) in [5.41, 5.74) is 8.54. The van der Waals surface area contributed by atoms with Crippen LogP contribution in [0, 0.1) is 18.3 Å². The van der Waals surface area contributed by atoms with Gasteiger partial charge in [0, 0.05) is 28.9 Å². The van der Waals surface area contributed by atoms with Crippen molar-refractivity contribution in [1.82, 2.24) is 5.32 Å². The van der Waals surface area contributed by atoms with Gasteiger partial charge < -0.3 is 21.5 Å². The predicted octanol–water partition coefficient (Wildman–Crippen LogP) is 3.79. The third kappa shape index (κ3) is 9.64. The molecule has 212 valence electrons. The van der Waals surface area contributed by atoms with Crippen LogP contribution in [0.3, 0.4) is 0 Å². The number of carboxylic acid groups (broad SMARTS) is 1. The Morgan fingerprint density at radius 3 is 1.95 bits per heavy atom. The van der Waals surface area contributed by atoms with Crippen LogP contribution in [0.15, 0.2) is 60.7 Å². The number of nitrogens with two attached hydrogens (primary N) is 1. The first-order valence-corrected chi connectivity index (χ1v) is 13.9. The molecule has 0 heterocycles. The van der Waals surface area contributed by atoms with Gasteiger partial charge in [-0.3, -0.25) is 19.6 Å². The first-order chi connectivity index (χ1) is 18.6. The highest BCUT2D eigenvalue weighted by atomic mass is 32.2. The van der Waals surface area contributed by atoms with Gasteiger partial charge in [0.2, 0.25) is 0 Å². The summed E-state index contributed by atoms with van der Waals surface area (Å²) in [5, 5.41) is 23.0. The molecule has 3 aromatic rings. The summed E-state index contributed by atoms with van der Waals surface area (Å²) in [7, 11) is -3.67. The van der Waals surface area contributed by atoms with E-state index in [2.05, 4.69) is 10.6 Å². The zero-order chi connectivity index (χ0) is 30.2. The van der Waals surface area contributed by atoms with Gasteiger partial charge in [-0.05, 0) is 66.4 Å². The Balaban J connectivity index is 0.00000103. The van der Waals surface area contributed by atoms with E-state index in [0.29, 0.717) is 40.7 Å². The molecule has 0 aliphatic carbocycles. The van der Waals surface area contributed by atoms with Crippen LogP contribution in [0.5, 0.6) is 0 Å². The Kier molecular flexibility index (Phi) is 10.7. The van der Waals surface area contributed by atoms with Gasteiger partial charge in [-0.15, -0.1) is 0 Å². The van der Waals surface area contributed by atoms with E-state index in [0.717, 1.165) is 5.56 Å². The van der Waals surface area contributed by atoms with E-state index >= 15 is 0 Å². The van der Waals surface area contributed by atoms with Crippen molar-refractivity contribution in [3.05, 3.63) is 88.5 Å². The van der Waals surface area contributed by atoms with Gasteiger partial charge in [0.1, 0.15) is 5.84 Å². The number of anilines is 1. The molecule has 7 N–H and O–H groups in total. The van der Waals surface area contributed by atoms with Crippen LogP contribution in [-0.2, 0) is 10.1 Å². The Bertz CT molecular complexity index is 1520. The number of carbonyl (C=O) groups excluding carboxylic acids is 2. The molecule has 0 aromatic heterocycles. The van der Waals surface area contributed by atoms with E-state index in [9.17, 15) is 27.9 Å². The second-order valence-electron chi connectivity index (χ2n) is 9.40. The average molecular weight is 569 g/mol. The smallest absolute Gasteiger partial charge is 0.336 e. The van der Waals surface area contributed by atoms with Crippen molar-refractivity contribution in [2.75, 3.05) is 18.1 Å². The van der Waals surface area contributed by atoms with Gasteiger partial charge in [0.25, 0.3) is 21.9 Å². The number of amidine groups is 1. The fourth-order valence-electron chi connectivity index (χ4n) is 3.51. The number of aromatic carboxylic acids is 1.